The molecule has 0 atom stereocenters. The maximum Gasteiger partial charge on any atom is 0.0994 e. The number of nitrogens with zero attached hydrogens (tertiary/aromatic N) is 2. The molecule has 3 nitrogen and oxygen atoms in total. The summed E-state index contributed by atoms with van der Waals surface area (Å²) in [5.41, 5.74) is 13.1. The number of nitriles is 1. The molecule has 2 rings (SSSR count). The Morgan fingerprint density at radius 3 is 2.52 bits per heavy atom. The van der Waals surface area contributed by atoms with Crippen LogP contribution in [0.1, 0.15) is 48.1 Å². The standard InChI is InChI=1S/C19H20ClN3/c1-5-11(2)18(16-9-23-10-17(22)19(16)20)15-7-14(8-21)12(3)6-13(15)4/h6-7,9-10H,5,22H2,1-4H3/b18-11+. The Morgan fingerprint density at radius 1 is 1.22 bits per heavy atom. The second-order valence-electron chi connectivity index (χ2n) is 5.69. The van der Waals surface area contributed by atoms with E-state index in [1.807, 2.05) is 26.0 Å². The van der Waals surface area contributed by atoms with Gasteiger partial charge < -0.3 is 5.73 Å². The normalized spacial score (nSPS) is 11.8. The van der Waals surface area contributed by atoms with E-state index in [4.69, 9.17) is 17.3 Å². The number of benzene rings is 1. The molecular weight excluding hydrogens is 306 g/mol. The van der Waals surface area contributed by atoms with E-state index in [1.165, 1.54) is 5.57 Å². The lowest BCUT2D eigenvalue weighted by molar-refractivity contribution is 1.10. The van der Waals surface area contributed by atoms with Crippen molar-refractivity contribution in [3.05, 3.63) is 62.9 Å². The van der Waals surface area contributed by atoms with Crippen molar-refractivity contribution >= 4 is 22.9 Å². The number of pyridine rings is 1. The Labute approximate surface area is 142 Å². The van der Waals surface area contributed by atoms with Crippen molar-refractivity contribution in [1.29, 1.82) is 5.26 Å². The summed E-state index contributed by atoms with van der Waals surface area (Å²) in [6, 6.07) is 6.22. The molecule has 0 saturated carbocycles. The number of nitrogen functional groups attached to an aromatic ring is 1. The van der Waals surface area contributed by atoms with Gasteiger partial charge in [-0.25, -0.2) is 0 Å². The predicted octanol–water partition coefficient (Wildman–Crippen LogP) is 5.04. The van der Waals surface area contributed by atoms with Gasteiger partial charge in [0.1, 0.15) is 0 Å². The highest BCUT2D eigenvalue weighted by Crippen LogP contribution is 2.37. The Kier molecular flexibility index (Phi) is 5.08. The lowest BCUT2D eigenvalue weighted by atomic mass is 9.88. The summed E-state index contributed by atoms with van der Waals surface area (Å²) in [7, 11) is 0. The van der Waals surface area contributed by atoms with E-state index in [1.54, 1.807) is 12.4 Å². The van der Waals surface area contributed by atoms with Gasteiger partial charge in [0, 0.05) is 11.8 Å². The van der Waals surface area contributed by atoms with Crippen LogP contribution in [-0.2, 0) is 0 Å². The summed E-state index contributed by atoms with van der Waals surface area (Å²) in [5.74, 6) is 0. The van der Waals surface area contributed by atoms with Gasteiger partial charge in [0.05, 0.1) is 28.5 Å². The smallest absolute Gasteiger partial charge is 0.0994 e. The first kappa shape index (κ1) is 17.1. The zero-order valence-corrected chi connectivity index (χ0v) is 14.6. The molecule has 0 bridgehead atoms. The first-order valence-electron chi connectivity index (χ1n) is 7.51. The van der Waals surface area contributed by atoms with Crippen molar-refractivity contribution in [1.82, 2.24) is 4.98 Å². The van der Waals surface area contributed by atoms with Gasteiger partial charge in [0.15, 0.2) is 0 Å². The van der Waals surface area contributed by atoms with E-state index < -0.39 is 0 Å². The third-order valence-corrected chi connectivity index (χ3v) is 4.52. The zero-order valence-electron chi connectivity index (χ0n) is 13.9. The van der Waals surface area contributed by atoms with Crippen LogP contribution in [0.5, 0.6) is 0 Å². The van der Waals surface area contributed by atoms with Crippen molar-refractivity contribution < 1.29 is 0 Å². The van der Waals surface area contributed by atoms with Gasteiger partial charge in [-0.2, -0.15) is 5.26 Å². The number of rotatable bonds is 3. The van der Waals surface area contributed by atoms with Crippen LogP contribution in [0, 0.1) is 25.2 Å². The Bertz CT molecular complexity index is 829. The Morgan fingerprint density at radius 2 is 1.91 bits per heavy atom. The number of halogens is 1. The van der Waals surface area contributed by atoms with E-state index >= 15 is 0 Å². The van der Waals surface area contributed by atoms with Crippen LogP contribution in [0.2, 0.25) is 5.02 Å². The molecule has 1 aromatic heterocycles. The maximum atomic E-state index is 9.36. The molecular formula is C19H20ClN3. The molecule has 0 unspecified atom stereocenters. The van der Waals surface area contributed by atoms with Gasteiger partial charge in [-0.1, -0.05) is 30.2 Å². The average Bonchev–Trinajstić information content (AvgIpc) is 2.53. The van der Waals surface area contributed by atoms with E-state index in [0.29, 0.717) is 16.3 Å². The molecule has 1 aromatic carbocycles. The largest absolute Gasteiger partial charge is 0.396 e. The second kappa shape index (κ2) is 6.85. The number of nitrogens with two attached hydrogens (primary N) is 1. The maximum absolute atomic E-state index is 9.36. The molecule has 4 heteroatoms. The third kappa shape index (κ3) is 3.23. The quantitative estimate of drug-likeness (QED) is 0.860. The number of hydrogen-bond donors (Lipinski definition) is 1. The number of hydrogen-bond acceptors (Lipinski definition) is 3. The summed E-state index contributed by atoms with van der Waals surface area (Å²) in [5, 5.41) is 9.86. The lowest BCUT2D eigenvalue weighted by Crippen LogP contribution is -2.01. The minimum absolute atomic E-state index is 0.454. The summed E-state index contributed by atoms with van der Waals surface area (Å²) < 4.78 is 0. The number of anilines is 1. The van der Waals surface area contributed by atoms with Crippen LogP contribution in [0.25, 0.3) is 5.57 Å². The number of aromatic nitrogens is 1. The van der Waals surface area contributed by atoms with Crippen molar-refractivity contribution in [2.75, 3.05) is 5.73 Å². The lowest BCUT2D eigenvalue weighted by Gasteiger charge is -2.18. The van der Waals surface area contributed by atoms with Crippen LogP contribution in [0.4, 0.5) is 5.69 Å². The second-order valence-corrected chi connectivity index (χ2v) is 6.07. The summed E-state index contributed by atoms with van der Waals surface area (Å²) in [4.78, 5) is 4.19. The van der Waals surface area contributed by atoms with E-state index in [9.17, 15) is 5.26 Å². The van der Waals surface area contributed by atoms with Crippen LogP contribution in [0.15, 0.2) is 30.1 Å². The van der Waals surface area contributed by atoms with Gasteiger partial charge in [-0.3, -0.25) is 4.98 Å². The molecule has 1 heterocycles. The molecule has 0 aliphatic heterocycles. The minimum Gasteiger partial charge on any atom is -0.396 e. The highest BCUT2D eigenvalue weighted by atomic mass is 35.5. The molecule has 2 N–H and O–H groups in total. The van der Waals surface area contributed by atoms with Crippen molar-refractivity contribution in [2.24, 2.45) is 0 Å². The van der Waals surface area contributed by atoms with Crippen molar-refractivity contribution in [3.8, 4) is 6.07 Å². The van der Waals surface area contributed by atoms with Crippen LogP contribution >= 0.6 is 11.6 Å². The summed E-state index contributed by atoms with van der Waals surface area (Å²) >= 11 is 6.43. The summed E-state index contributed by atoms with van der Waals surface area (Å²) in [6.45, 7) is 8.15. The first-order valence-corrected chi connectivity index (χ1v) is 7.89. The summed E-state index contributed by atoms with van der Waals surface area (Å²) in [6.07, 6.45) is 4.15. The Hall–Kier alpha value is -2.31. The fourth-order valence-corrected chi connectivity index (χ4v) is 2.85. The SMILES string of the molecule is CC/C(C)=C(\c1cc(C#N)c(C)cc1C)c1cncc(N)c1Cl. The van der Waals surface area contributed by atoms with E-state index in [0.717, 1.165) is 34.2 Å². The molecule has 0 aliphatic rings. The number of aryl methyl sites for hydroxylation is 2. The van der Waals surface area contributed by atoms with E-state index in [-0.39, 0.29) is 0 Å². The highest BCUT2D eigenvalue weighted by Gasteiger charge is 2.17. The van der Waals surface area contributed by atoms with Crippen molar-refractivity contribution in [3.63, 3.8) is 0 Å². The third-order valence-electron chi connectivity index (χ3n) is 4.09. The topological polar surface area (TPSA) is 62.7 Å². The van der Waals surface area contributed by atoms with Gasteiger partial charge in [0.2, 0.25) is 0 Å². The van der Waals surface area contributed by atoms with Gasteiger partial charge >= 0.3 is 0 Å². The molecule has 0 fully saturated rings. The van der Waals surface area contributed by atoms with Crippen LogP contribution in [0.3, 0.4) is 0 Å². The molecule has 0 radical (unpaired) electrons. The molecule has 0 aliphatic carbocycles. The van der Waals surface area contributed by atoms with Gasteiger partial charge in [0.25, 0.3) is 0 Å². The monoisotopic (exact) mass is 325 g/mol. The Balaban J connectivity index is 2.83. The van der Waals surface area contributed by atoms with E-state index in [2.05, 4.69) is 24.9 Å². The molecule has 0 amide bonds. The first-order chi connectivity index (χ1) is 10.9. The van der Waals surface area contributed by atoms with Crippen molar-refractivity contribution in [2.45, 2.75) is 34.1 Å². The molecule has 0 spiro atoms. The van der Waals surface area contributed by atoms with Gasteiger partial charge in [-0.05, 0) is 55.5 Å². The van der Waals surface area contributed by atoms with Crippen LogP contribution in [-0.4, -0.2) is 4.98 Å². The average molecular weight is 326 g/mol. The minimum atomic E-state index is 0.454. The molecule has 23 heavy (non-hydrogen) atoms. The number of allylic oxidation sites excluding steroid dienone is 1. The highest BCUT2D eigenvalue weighted by molar-refractivity contribution is 6.35. The molecule has 0 saturated heterocycles. The molecule has 2 aromatic rings. The fraction of sp³-hybridized carbons (Fsp3) is 0.263. The van der Waals surface area contributed by atoms with Crippen LogP contribution < -0.4 is 5.73 Å². The zero-order chi connectivity index (χ0) is 17.1. The van der Waals surface area contributed by atoms with Gasteiger partial charge in [-0.15, -0.1) is 0 Å². The fourth-order valence-electron chi connectivity index (χ4n) is 2.66. The predicted molar refractivity (Wildman–Crippen MR) is 96.3 cm³/mol. The molecule has 118 valence electrons.